The summed E-state index contributed by atoms with van der Waals surface area (Å²) in [6, 6.07) is 0.0504. The van der Waals surface area contributed by atoms with E-state index in [1.165, 1.54) is 0 Å². The van der Waals surface area contributed by atoms with Gasteiger partial charge in [0.05, 0.1) is 0 Å². The number of hydrogen-bond donors (Lipinski definition) is 2. The SMILES string of the molecule is CN=C(NCCCCCOC)N(C)CCC(NC(=O)OC(C)(C)C)C(C)C.I. The Bertz CT molecular complexity index is 440. The molecule has 0 heterocycles. The largest absolute Gasteiger partial charge is 0.444 e. The van der Waals surface area contributed by atoms with Gasteiger partial charge < -0.3 is 25.0 Å². The molecule has 0 fully saturated rings. The third kappa shape index (κ3) is 15.2. The van der Waals surface area contributed by atoms with Crippen LogP contribution in [0.15, 0.2) is 4.99 Å². The summed E-state index contributed by atoms with van der Waals surface area (Å²) < 4.78 is 10.4. The molecule has 0 bridgehead atoms. The van der Waals surface area contributed by atoms with Gasteiger partial charge in [-0.2, -0.15) is 0 Å². The molecule has 0 aromatic carbocycles. The number of aliphatic imine (C=N–C) groups is 1. The minimum atomic E-state index is -0.488. The fraction of sp³-hybridized carbons (Fsp3) is 0.900. The lowest BCUT2D eigenvalue weighted by Crippen LogP contribution is -2.45. The van der Waals surface area contributed by atoms with E-state index >= 15 is 0 Å². The second-order valence-electron chi connectivity index (χ2n) is 8.23. The van der Waals surface area contributed by atoms with Crippen LogP contribution in [0.3, 0.4) is 0 Å². The smallest absolute Gasteiger partial charge is 0.407 e. The molecule has 0 saturated carbocycles. The van der Waals surface area contributed by atoms with Gasteiger partial charge in [0.25, 0.3) is 0 Å². The van der Waals surface area contributed by atoms with Gasteiger partial charge in [-0.05, 0) is 52.4 Å². The van der Waals surface area contributed by atoms with Crippen LogP contribution in [0.1, 0.15) is 60.3 Å². The summed E-state index contributed by atoms with van der Waals surface area (Å²) in [5.41, 5.74) is -0.488. The average molecular weight is 514 g/mol. The number of nitrogens with zero attached hydrogens (tertiary/aromatic N) is 2. The second-order valence-corrected chi connectivity index (χ2v) is 8.23. The lowest BCUT2D eigenvalue weighted by molar-refractivity contribution is 0.0486. The summed E-state index contributed by atoms with van der Waals surface area (Å²) >= 11 is 0. The van der Waals surface area contributed by atoms with E-state index in [2.05, 4.69) is 34.4 Å². The summed E-state index contributed by atoms with van der Waals surface area (Å²) in [6.07, 6.45) is 3.77. The molecule has 0 rings (SSSR count). The van der Waals surface area contributed by atoms with Crippen LogP contribution in [-0.2, 0) is 9.47 Å². The molecule has 0 saturated heterocycles. The number of carbonyl (C=O) groups is 1. The second kappa shape index (κ2) is 16.1. The molecule has 1 amide bonds. The first-order valence-electron chi connectivity index (χ1n) is 10.0. The van der Waals surface area contributed by atoms with E-state index in [9.17, 15) is 4.79 Å². The van der Waals surface area contributed by atoms with Gasteiger partial charge in [0, 0.05) is 46.9 Å². The van der Waals surface area contributed by atoms with Crippen molar-refractivity contribution in [3.8, 4) is 0 Å². The number of methoxy groups -OCH3 is 1. The summed E-state index contributed by atoms with van der Waals surface area (Å²) in [5.74, 6) is 1.20. The summed E-state index contributed by atoms with van der Waals surface area (Å²) in [6.45, 7) is 12.3. The number of rotatable bonds is 11. The van der Waals surface area contributed by atoms with E-state index in [1.54, 1.807) is 14.2 Å². The quantitative estimate of drug-likeness (QED) is 0.190. The predicted octanol–water partition coefficient (Wildman–Crippen LogP) is 3.87. The van der Waals surface area contributed by atoms with Gasteiger partial charge in [0.15, 0.2) is 5.96 Å². The van der Waals surface area contributed by atoms with Crippen LogP contribution in [-0.4, -0.2) is 69.5 Å². The van der Waals surface area contributed by atoms with Crippen molar-refractivity contribution in [3.63, 3.8) is 0 Å². The van der Waals surface area contributed by atoms with Gasteiger partial charge in [0.2, 0.25) is 0 Å². The average Bonchev–Trinajstić information content (AvgIpc) is 2.55. The standard InChI is InChI=1S/C20H42N4O3.HI/c1-16(2)17(23-19(25)27-20(3,4)5)12-14-24(7)18(21-6)22-13-10-9-11-15-26-8;/h16-17H,9-15H2,1-8H3,(H,21,22)(H,23,25);1H. The maximum Gasteiger partial charge on any atom is 0.407 e. The number of amides is 1. The Morgan fingerprint density at radius 1 is 1.18 bits per heavy atom. The van der Waals surface area contributed by atoms with Crippen LogP contribution >= 0.6 is 24.0 Å². The van der Waals surface area contributed by atoms with Crippen LogP contribution in [0.2, 0.25) is 0 Å². The summed E-state index contributed by atoms with van der Waals surface area (Å²) in [7, 11) is 5.55. The van der Waals surface area contributed by atoms with E-state index in [0.717, 1.165) is 51.3 Å². The molecule has 0 aliphatic rings. The maximum absolute atomic E-state index is 12.1. The Kier molecular flexibility index (Phi) is 16.9. The van der Waals surface area contributed by atoms with Crippen molar-refractivity contribution < 1.29 is 14.3 Å². The van der Waals surface area contributed by atoms with Gasteiger partial charge in [-0.3, -0.25) is 4.99 Å². The zero-order valence-electron chi connectivity index (χ0n) is 19.1. The molecule has 168 valence electrons. The van der Waals surface area contributed by atoms with E-state index in [0.29, 0.717) is 5.92 Å². The van der Waals surface area contributed by atoms with Crippen molar-refractivity contribution in [1.82, 2.24) is 15.5 Å². The third-order valence-electron chi connectivity index (χ3n) is 4.16. The Hall–Kier alpha value is -0.770. The summed E-state index contributed by atoms with van der Waals surface area (Å²) in [5, 5.41) is 6.39. The molecular formula is C20H43IN4O3. The zero-order chi connectivity index (χ0) is 20.9. The van der Waals surface area contributed by atoms with Crippen LogP contribution in [0.25, 0.3) is 0 Å². The topological polar surface area (TPSA) is 75.2 Å². The van der Waals surface area contributed by atoms with Crippen molar-refractivity contribution in [1.29, 1.82) is 0 Å². The Morgan fingerprint density at radius 3 is 2.32 bits per heavy atom. The number of halogens is 1. The predicted molar refractivity (Wildman–Crippen MR) is 128 cm³/mol. The fourth-order valence-electron chi connectivity index (χ4n) is 2.60. The van der Waals surface area contributed by atoms with Gasteiger partial charge in [-0.1, -0.05) is 13.8 Å². The van der Waals surface area contributed by atoms with Gasteiger partial charge in [-0.15, -0.1) is 24.0 Å². The number of guanidine groups is 1. The van der Waals surface area contributed by atoms with Crippen molar-refractivity contribution in [2.24, 2.45) is 10.9 Å². The molecule has 1 atom stereocenters. The Morgan fingerprint density at radius 2 is 1.82 bits per heavy atom. The van der Waals surface area contributed by atoms with Gasteiger partial charge in [-0.25, -0.2) is 4.79 Å². The maximum atomic E-state index is 12.1. The highest BCUT2D eigenvalue weighted by Crippen LogP contribution is 2.11. The van der Waals surface area contributed by atoms with Crippen molar-refractivity contribution >= 4 is 36.0 Å². The lowest BCUT2D eigenvalue weighted by Gasteiger charge is -2.28. The highest BCUT2D eigenvalue weighted by atomic mass is 127. The molecular weight excluding hydrogens is 471 g/mol. The highest BCUT2D eigenvalue weighted by Gasteiger charge is 2.22. The first-order chi connectivity index (χ1) is 12.6. The normalized spacial score (nSPS) is 13.0. The Labute approximate surface area is 189 Å². The Balaban J connectivity index is 0. The number of carbonyl (C=O) groups excluding carboxylic acids is 1. The number of alkyl carbamates (subject to hydrolysis) is 1. The van der Waals surface area contributed by atoms with Crippen molar-refractivity contribution in [3.05, 3.63) is 0 Å². The monoisotopic (exact) mass is 514 g/mol. The van der Waals surface area contributed by atoms with Crippen molar-refractivity contribution in [2.75, 3.05) is 40.9 Å². The first-order valence-corrected chi connectivity index (χ1v) is 10.0. The third-order valence-corrected chi connectivity index (χ3v) is 4.16. The number of nitrogens with one attached hydrogen (secondary N) is 2. The minimum Gasteiger partial charge on any atom is -0.444 e. The molecule has 0 radical (unpaired) electrons. The fourth-order valence-corrected chi connectivity index (χ4v) is 2.60. The molecule has 0 aliphatic carbocycles. The highest BCUT2D eigenvalue weighted by molar-refractivity contribution is 14.0. The molecule has 0 aliphatic heterocycles. The molecule has 0 spiro atoms. The van der Waals surface area contributed by atoms with Crippen LogP contribution in [0, 0.1) is 5.92 Å². The number of ether oxygens (including phenoxy) is 2. The molecule has 0 aromatic rings. The first kappa shape index (κ1) is 29.4. The number of unbranched alkanes of at least 4 members (excludes halogenated alkanes) is 2. The molecule has 0 aromatic heterocycles. The molecule has 1 unspecified atom stereocenters. The van der Waals surface area contributed by atoms with E-state index in [1.807, 2.05) is 27.8 Å². The number of hydrogen-bond acceptors (Lipinski definition) is 4. The van der Waals surface area contributed by atoms with Gasteiger partial charge >= 0.3 is 6.09 Å². The lowest BCUT2D eigenvalue weighted by atomic mass is 10.0. The molecule has 8 heteroatoms. The van der Waals surface area contributed by atoms with E-state index in [4.69, 9.17) is 9.47 Å². The van der Waals surface area contributed by atoms with Crippen LogP contribution in [0.4, 0.5) is 4.79 Å². The minimum absolute atomic E-state index is 0. The van der Waals surface area contributed by atoms with E-state index < -0.39 is 5.60 Å². The van der Waals surface area contributed by atoms with Crippen molar-refractivity contribution in [2.45, 2.75) is 71.9 Å². The van der Waals surface area contributed by atoms with Gasteiger partial charge in [0.1, 0.15) is 5.60 Å². The molecule has 2 N–H and O–H groups in total. The zero-order valence-corrected chi connectivity index (χ0v) is 21.5. The summed E-state index contributed by atoms with van der Waals surface area (Å²) in [4.78, 5) is 18.5. The van der Waals surface area contributed by atoms with Crippen LogP contribution in [0.5, 0.6) is 0 Å². The molecule has 7 nitrogen and oxygen atoms in total. The molecule has 28 heavy (non-hydrogen) atoms. The van der Waals surface area contributed by atoms with E-state index in [-0.39, 0.29) is 36.1 Å². The van der Waals surface area contributed by atoms with Crippen LogP contribution < -0.4 is 10.6 Å².